The van der Waals surface area contributed by atoms with Gasteiger partial charge in [0.2, 0.25) is 0 Å². The van der Waals surface area contributed by atoms with Crippen molar-refractivity contribution in [2.45, 2.75) is 32.9 Å². The van der Waals surface area contributed by atoms with Gasteiger partial charge in [-0.05, 0) is 30.6 Å². The highest BCUT2D eigenvalue weighted by molar-refractivity contribution is 7.74. The van der Waals surface area contributed by atoms with E-state index < -0.39 is 0 Å². The summed E-state index contributed by atoms with van der Waals surface area (Å²) in [6.45, 7) is 9.20. The van der Waals surface area contributed by atoms with Gasteiger partial charge in [-0.3, -0.25) is 0 Å². The number of benzene rings is 2. The molecule has 0 aliphatic rings. The second kappa shape index (κ2) is 5.24. The van der Waals surface area contributed by atoms with E-state index in [1.165, 1.54) is 16.2 Å². The molecule has 1 unspecified atom stereocenters. The molecule has 1 atom stereocenters. The highest BCUT2D eigenvalue weighted by atomic mass is 31.1. The lowest BCUT2D eigenvalue weighted by Crippen LogP contribution is -2.26. The fraction of sp³-hybridized carbons (Fsp3) is 0.294. The predicted molar refractivity (Wildman–Crippen MR) is 83.6 cm³/mol. The minimum Gasteiger partial charge on any atom is -0.0622 e. The molecule has 0 saturated heterocycles. The molecule has 0 amide bonds. The third-order valence-electron chi connectivity index (χ3n) is 2.95. The molecule has 18 heavy (non-hydrogen) atoms. The van der Waals surface area contributed by atoms with E-state index in [0.717, 1.165) is 0 Å². The molecule has 0 N–H and O–H groups in total. The number of aryl methyl sites for hydroxylation is 1. The summed E-state index contributed by atoms with van der Waals surface area (Å²) in [6, 6.07) is 19.9. The molecule has 0 nitrogen and oxygen atoms in total. The number of hydrogen-bond donors (Lipinski definition) is 0. The van der Waals surface area contributed by atoms with Gasteiger partial charge in [0.15, 0.2) is 0 Å². The van der Waals surface area contributed by atoms with Gasteiger partial charge in [0.25, 0.3) is 0 Å². The fourth-order valence-electron chi connectivity index (χ4n) is 2.27. The zero-order valence-corrected chi connectivity index (χ0v) is 12.5. The van der Waals surface area contributed by atoms with E-state index in [1.807, 2.05) is 0 Å². The van der Waals surface area contributed by atoms with Crippen molar-refractivity contribution in [1.82, 2.24) is 0 Å². The molecular formula is C17H21P. The molecule has 0 saturated carbocycles. The van der Waals surface area contributed by atoms with Crippen molar-refractivity contribution in [3.8, 4) is 0 Å². The van der Waals surface area contributed by atoms with E-state index in [2.05, 4.69) is 82.3 Å². The van der Waals surface area contributed by atoms with Crippen LogP contribution in [-0.4, -0.2) is 5.16 Å². The summed E-state index contributed by atoms with van der Waals surface area (Å²) in [5.74, 6) is 0. The van der Waals surface area contributed by atoms with Crippen LogP contribution in [0.15, 0.2) is 54.6 Å². The van der Waals surface area contributed by atoms with Crippen LogP contribution in [0, 0.1) is 6.92 Å². The molecule has 0 heterocycles. The molecule has 0 aromatic heterocycles. The lowest BCUT2D eigenvalue weighted by atomic mass is 10.2. The first-order valence-corrected chi connectivity index (χ1v) is 7.74. The molecule has 0 radical (unpaired) electrons. The molecule has 0 spiro atoms. The maximum Gasteiger partial charge on any atom is -0.00991 e. The van der Waals surface area contributed by atoms with Crippen molar-refractivity contribution in [3.05, 3.63) is 60.2 Å². The van der Waals surface area contributed by atoms with Gasteiger partial charge in [-0.1, -0.05) is 80.9 Å². The Morgan fingerprint density at radius 1 is 0.778 bits per heavy atom. The van der Waals surface area contributed by atoms with E-state index >= 15 is 0 Å². The summed E-state index contributed by atoms with van der Waals surface area (Å²) >= 11 is 0. The van der Waals surface area contributed by atoms with Crippen molar-refractivity contribution in [2.75, 3.05) is 0 Å². The van der Waals surface area contributed by atoms with Crippen LogP contribution in [0.4, 0.5) is 0 Å². The average molecular weight is 256 g/mol. The molecule has 0 bridgehead atoms. The maximum atomic E-state index is 2.34. The van der Waals surface area contributed by atoms with Gasteiger partial charge in [-0.2, -0.15) is 0 Å². The van der Waals surface area contributed by atoms with E-state index in [0.29, 0.717) is 0 Å². The average Bonchev–Trinajstić information content (AvgIpc) is 2.28. The lowest BCUT2D eigenvalue weighted by Gasteiger charge is -2.32. The first kappa shape index (κ1) is 13.3. The second-order valence-corrected chi connectivity index (χ2v) is 8.73. The van der Waals surface area contributed by atoms with Gasteiger partial charge in [-0.25, -0.2) is 0 Å². The number of rotatable bonds is 2. The van der Waals surface area contributed by atoms with E-state index in [4.69, 9.17) is 0 Å². The number of hydrogen-bond acceptors (Lipinski definition) is 0. The van der Waals surface area contributed by atoms with Gasteiger partial charge >= 0.3 is 0 Å². The van der Waals surface area contributed by atoms with E-state index in [1.54, 1.807) is 0 Å². The molecule has 94 valence electrons. The fourth-order valence-corrected chi connectivity index (χ4v) is 5.15. The van der Waals surface area contributed by atoms with E-state index in [-0.39, 0.29) is 13.1 Å². The minimum atomic E-state index is -0.308. The van der Waals surface area contributed by atoms with Gasteiger partial charge in [0.1, 0.15) is 0 Å². The van der Waals surface area contributed by atoms with Crippen LogP contribution in [0.1, 0.15) is 26.3 Å². The van der Waals surface area contributed by atoms with Gasteiger partial charge in [0.05, 0.1) is 0 Å². The predicted octanol–water partition coefficient (Wildman–Crippen LogP) is 4.23. The first-order valence-electron chi connectivity index (χ1n) is 6.40. The van der Waals surface area contributed by atoms with Crippen LogP contribution in [0.5, 0.6) is 0 Å². The minimum absolute atomic E-state index is 0.282. The Hall–Kier alpha value is -1.13. The first-order chi connectivity index (χ1) is 8.48. The Balaban J connectivity index is 2.51. The summed E-state index contributed by atoms with van der Waals surface area (Å²) in [6.07, 6.45) is 0. The molecule has 2 aromatic carbocycles. The smallest absolute Gasteiger partial charge is 0.00991 e. The second-order valence-electron chi connectivity index (χ2n) is 5.68. The highest BCUT2D eigenvalue weighted by Gasteiger charge is 2.27. The van der Waals surface area contributed by atoms with Crippen LogP contribution in [-0.2, 0) is 0 Å². The van der Waals surface area contributed by atoms with Crippen LogP contribution in [0.3, 0.4) is 0 Å². The monoisotopic (exact) mass is 256 g/mol. The topological polar surface area (TPSA) is 0 Å². The van der Waals surface area contributed by atoms with Crippen LogP contribution in [0.2, 0.25) is 0 Å². The Morgan fingerprint density at radius 3 is 1.94 bits per heavy atom. The summed E-state index contributed by atoms with van der Waals surface area (Å²) in [4.78, 5) is 0. The quantitative estimate of drug-likeness (QED) is 0.705. The van der Waals surface area contributed by atoms with Crippen molar-refractivity contribution in [1.29, 1.82) is 0 Å². The summed E-state index contributed by atoms with van der Waals surface area (Å²) < 4.78 is 0. The van der Waals surface area contributed by atoms with Gasteiger partial charge in [-0.15, -0.1) is 0 Å². The van der Waals surface area contributed by atoms with Crippen LogP contribution in [0.25, 0.3) is 0 Å². The highest BCUT2D eigenvalue weighted by Crippen LogP contribution is 2.47. The molecule has 0 aliphatic heterocycles. The normalized spacial score (nSPS) is 13.3. The largest absolute Gasteiger partial charge is 0.0622 e. The van der Waals surface area contributed by atoms with Crippen molar-refractivity contribution in [3.63, 3.8) is 0 Å². The maximum absolute atomic E-state index is 2.34. The molecule has 0 aliphatic carbocycles. The van der Waals surface area contributed by atoms with E-state index in [9.17, 15) is 0 Å². The third-order valence-corrected chi connectivity index (χ3v) is 5.90. The van der Waals surface area contributed by atoms with Crippen LogP contribution < -0.4 is 10.6 Å². The van der Waals surface area contributed by atoms with Gasteiger partial charge < -0.3 is 0 Å². The molecule has 2 rings (SSSR count). The lowest BCUT2D eigenvalue weighted by molar-refractivity contribution is 0.793. The Labute approximate surface area is 112 Å². The molecule has 1 heteroatoms. The van der Waals surface area contributed by atoms with Crippen molar-refractivity contribution >= 4 is 18.5 Å². The van der Waals surface area contributed by atoms with Crippen LogP contribution >= 0.6 is 7.92 Å². The van der Waals surface area contributed by atoms with Crippen molar-refractivity contribution in [2.24, 2.45) is 0 Å². The summed E-state index contributed by atoms with van der Waals surface area (Å²) in [7, 11) is -0.308. The SMILES string of the molecule is Cc1cccc(P(c2ccccc2)C(C)(C)C)c1. The Bertz CT molecular complexity index is 509. The zero-order valence-electron chi connectivity index (χ0n) is 11.6. The summed E-state index contributed by atoms with van der Waals surface area (Å²) in [5.41, 5.74) is 1.35. The standard InChI is InChI=1S/C17H21P/c1-14-9-8-12-16(13-14)18(17(2,3)4)15-10-6-5-7-11-15/h5-13H,1-4H3. The molecule has 0 fully saturated rings. The van der Waals surface area contributed by atoms with Gasteiger partial charge in [0, 0.05) is 0 Å². The Kier molecular flexibility index (Phi) is 3.88. The molecule has 2 aromatic rings. The molecular weight excluding hydrogens is 235 g/mol. The summed E-state index contributed by atoms with van der Waals surface area (Å²) in [5, 5.41) is 3.22. The van der Waals surface area contributed by atoms with Crippen molar-refractivity contribution < 1.29 is 0 Å². The zero-order chi connectivity index (χ0) is 13.2. The Morgan fingerprint density at radius 2 is 1.39 bits per heavy atom. The third kappa shape index (κ3) is 3.00.